The first-order valence-electron chi connectivity index (χ1n) is 7.13. The van der Waals surface area contributed by atoms with Crippen molar-refractivity contribution in [3.05, 3.63) is 23.0 Å². The molecule has 2 aromatic heterocycles. The predicted molar refractivity (Wildman–Crippen MR) is 75.8 cm³/mol. The lowest BCUT2D eigenvalue weighted by molar-refractivity contribution is -0.136. The molecule has 0 atom stereocenters. The van der Waals surface area contributed by atoms with Crippen molar-refractivity contribution < 1.29 is 9.90 Å². The van der Waals surface area contributed by atoms with Crippen LogP contribution in [0.25, 0.3) is 11.0 Å². The Balaban J connectivity index is 2.13. The molecule has 0 radical (unpaired) electrons. The van der Waals surface area contributed by atoms with Gasteiger partial charge in [0.25, 0.3) is 0 Å². The fourth-order valence-corrected chi connectivity index (χ4v) is 3.22. The number of fused-ring (bicyclic) bond motifs is 1. The molecule has 1 aliphatic carbocycles. The van der Waals surface area contributed by atoms with E-state index in [1.165, 1.54) is 12.8 Å². The Labute approximate surface area is 117 Å². The van der Waals surface area contributed by atoms with Crippen molar-refractivity contribution >= 4 is 17.0 Å². The first kappa shape index (κ1) is 13.1. The van der Waals surface area contributed by atoms with Gasteiger partial charge in [-0.15, -0.1) is 0 Å². The minimum absolute atomic E-state index is 0.0230. The van der Waals surface area contributed by atoms with Crippen LogP contribution in [0.15, 0.2) is 6.20 Å². The topological polar surface area (TPSA) is 68.0 Å². The molecule has 20 heavy (non-hydrogen) atoms. The second kappa shape index (κ2) is 4.89. The molecule has 5 nitrogen and oxygen atoms in total. The third-order valence-corrected chi connectivity index (χ3v) is 4.33. The van der Waals surface area contributed by atoms with Crippen LogP contribution in [0.1, 0.15) is 48.5 Å². The minimum atomic E-state index is -0.819. The molecule has 106 valence electrons. The number of carboxylic acids is 1. The average Bonchev–Trinajstić information content (AvgIpc) is 3.02. The Morgan fingerprint density at radius 1 is 1.40 bits per heavy atom. The van der Waals surface area contributed by atoms with Crippen molar-refractivity contribution in [1.82, 2.24) is 14.8 Å². The molecule has 2 heterocycles. The zero-order valence-corrected chi connectivity index (χ0v) is 11.9. The summed E-state index contributed by atoms with van der Waals surface area (Å²) in [5, 5.41) is 14.5. The van der Waals surface area contributed by atoms with Gasteiger partial charge in [0.05, 0.1) is 18.7 Å². The van der Waals surface area contributed by atoms with E-state index in [2.05, 4.69) is 10.1 Å². The number of hydrogen-bond acceptors (Lipinski definition) is 3. The maximum atomic E-state index is 11.0. The first-order chi connectivity index (χ1) is 9.58. The molecule has 0 bridgehead atoms. The summed E-state index contributed by atoms with van der Waals surface area (Å²) in [6.45, 7) is 3.85. The van der Waals surface area contributed by atoms with Gasteiger partial charge >= 0.3 is 5.97 Å². The minimum Gasteiger partial charge on any atom is -0.481 e. The van der Waals surface area contributed by atoms with Crippen molar-refractivity contribution in [2.45, 2.75) is 52.0 Å². The summed E-state index contributed by atoms with van der Waals surface area (Å²) in [7, 11) is 0. The fourth-order valence-electron chi connectivity index (χ4n) is 3.22. The van der Waals surface area contributed by atoms with Crippen LogP contribution in [0.5, 0.6) is 0 Å². The lowest BCUT2D eigenvalue weighted by Crippen LogP contribution is -2.10. The van der Waals surface area contributed by atoms with E-state index in [-0.39, 0.29) is 6.42 Å². The van der Waals surface area contributed by atoms with Crippen LogP contribution in [0.3, 0.4) is 0 Å². The molecule has 0 unspecified atom stereocenters. The van der Waals surface area contributed by atoms with Gasteiger partial charge in [-0.05, 0) is 37.8 Å². The van der Waals surface area contributed by atoms with Gasteiger partial charge in [-0.3, -0.25) is 4.79 Å². The molecule has 0 aliphatic heterocycles. The van der Waals surface area contributed by atoms with Gasteiger partial charge in [-0.25, -0.2) is 9.67 Å². The lowest BCUT2D eigenvalue weighted by atomic mass is 10.0. The summed E-state index contributed by atoms with van der Waals surface area (Å²) in [4.78, 5) is 15.6. The largest absolute Gasteiger partial charge is 0.481 e. The van der Waals surface area contributed by atoms with Crippen molar-refractivity contribution in [3.63, 3.8) is 0 Å². The van der Waals surface area contributed by atoms with Crippen LogP contribution in [-0.4, -0.2) is 25.8 Å². The smallest absolute Gasteiger partial charge is 0.307 e. The molecule has 1 N–H and O–H groups in total. The molecule has 3 rings (SSSR count). The van der Waals surface area contributed by atoms with Gasteiger partial charge in [0, 0.05) is 11.1 Å². The van der Waals surface area contributed by atoms with E-state index in [1.807, 2.05) is 24.7 Å². The quantitative estimate of drug-likeness (QED) is 0.933. The summed E-state index contributed by atoms with van der Waals surface area (Å²) >= 11 is 0. The molecular formula is C15H19N3O2. The molecule has 0 aromatic carbocycles. The van der Waals surface area contributed by atoms with Crippen molar-refractivity contribution in [3.8, 4) is 0 Å². The van der Waals surface area contributed by atoms with Gasteiger partial charge in [0.2, 0.25) is 0 Å². The van der Waals surface area contributed by atoms with Gasteiger partial charge in [0.1, 0.15) is 0 Å². The third kappa shape index (κ3) is 2.07. The van der Waals surface area contributed by atoms with E-state index < -0.39 is 5.97 Å². The summed E-state index contributed by atoms with van der Waals surface area (Å²) in [5.74, 6) is -0.819. The predicted octanol–water partition coefficient (Wildman–Crippen LogP) is 2.79. The van der Waals surface area contributed by atoms with Crippen LogP contribution in [-0.2, 0) is 11.2 Å². The average molecular weight is 273 g/mol. The van der Waals surface area contributed by atoms with Crippen LogP contribution in [0, 0.1) is 13.8 Å². The molecule has 0 spiro atoms. The van der Waals surface area contributed by atoms with E-state index >= 15 is 0 Å². The lowest BCUT2D eigenvalue weighted by Gasteiger charge is -2.13. The Morgan fingerprint density at radius 3 is 2.75 bits per heavy atom. The monoisotopic (exact) mass is 273 g/mol. The molecule has 1 fully saturated rings. The van der Waals surface area contributed by atoms with Gasteiger partial charge in [-0.2, -0.15) is 5.10 Å². The van der Waals surface area contributed by atoms with Crippen LogP contribution < -0.4 is 0 Å². The number of pyridine rings is 1. The number of hydrogen-bond donors (Lipinski definition) is 1. The first-order valence-corrected chi connectivity index (χ1v) is 7.13. The highest BCUT2D eigenvalue weighted by Gasteiger charge is 2.22. The molecule has 1 aliphatic rings. The molecule has 1 saturated carbocycles. The third-order valence-electron chi connectivity index (χ3n) is 4.33. The van der Waals surface area contributed by atoms with Crippen LogP contribution in [0.4, 0.5) is 0 Å². The van der Waals surface area contributed by atoms with E-state index in [1.54, 1.807) is 0 Å². The maximum Gasteiger partial charge on any atom is 0.307 e. The Kier molecular flexibility index (Phi) is 3.20. The summed E-state index contributed by atoms with van der Waals surface area (Å²) in [6, 6.07) is 0.448. The van der Waals surface area contributed by atoms with Crippen LogP contribution >= 0.6 is 0 Å². The number of nitrogens with zero attached hydrogens (tertiary/aromatic N) is 3. The van der Waals surface area contributed by atoms with Crippen molar-refractivity contribution in [2.24, 2.45) is 0 Å². The van der Waals surface area contributed by atoms with Crippen molar-refractivity contribution in [1.29, 1.82) is 0 Å². The zero-order chi connectivity index (χ0) is 14.3. The fraction of sp³-hybridized carbons (Fsp3) is 0.533. The normalized spacial score (nSPS) is 16.1. The highest BCUT2D eigenvalue weighted by molar-refractivity contribution is 5.82. The second-order valence-electron chi connectivity index (χ2n) is 5.64. The van der Waals surface area contributed by atoms with E-state index in [0.717, 1.165) is 40.7 Å². The molecule has 0 saturated heterocycles. The van der Waals surface area contributed by atoms with E-state index in [0.29, 0.717) is 6.04 Å². The number of aryl methyl sites for hydroxylation is 2. The highest BCUT2D eigenvalue weighted by Crippen LogP contribution is 2.32. The Bertz CT molecular complexity index is 669. The highest BCUT2D eigenvalue weighted by atomic mass is 16.4. The summed E-state index contributed by atoms with van der Waals surface area (Å²) in [6.07, 6.45) is 6.68. The van der Waals surface area contributed by atoms with E-state index in [9.17, 15) is 4.79 Å². The van der Waals surface area contributed by atoms with Gasteiger partial charge in [0.15, 0.2) is 5.65 Å². The van der Waals surface area contributed by atoms with Crippen LogP contribution in [0.2, 0.25) is 0 Å². The SMILES string of the molecule is Cc1nc2c(cnn2C2CCCC2)c(C)c1CC(=O)O. The van der Waals surface area contributed by atoms with E-state index in [4.69, 9.17) is 5.11 Å². The number of carbonyl (C=O) groups is 1. The second-order valence-corrected chi connectivity index (χ2v) is 5.64. The molecule has 0 amide bonds. The number of carboxylic acid groups (broad SMARTS) is 1. The number of rotatable bonds is 3. The van der Waals surface area contributed by atoms with Gasteiger partial charge < -0.3 is 5.11 Å². The molecular weight excluding hydrogens is 254 g/mol. The molecule has 2 aromatic rings. The maximum absolute atomic E-state index is 11.0. The summed E-state index contributed by atoms with van der Waals surface area (Å²) in [5.41, 5.74) is 3.52. The van der Waals surface area contributed by atoms with Crippen molar-refractivity contribution in [2.75, 3.05) is 0 Å². The zero-order valence-electron chi connectivity index (χ0n) is 11.9. The van der Waals surface area contributed by atoms with Gasteiger partial charge in [-0.1, -0.05) is 12.8 Å². The molecule has 5 heteroatoms. The Morgan fingerprint density at radius 2 is 2.10 bits per heavy atom. The number of aromatic nitrogens is 3. The number of aliphatic carboxylic acids is 1. The summed E-state index contributed by atoms with van der Waals surface area (Å²) < 4.78 is 2.03. The Hall–Kier alpha value is -1.91. The standard InChI is InChI=1S/C15H19N3O2/c1-9-12(7-14(19)20)10(2)17-15-13(9)8-16-18(15)11-5-3-4-6-11/h8,11H,3-7H2,1-2H3,(H,19,20).